The third-order valence-corrected chi connectivity index (χ3v) is 4.63. The molecule has 2 atom stereocenters. The van der Waals surface area contributed by atoms with Gasteiger partial charge >= 0.3 is 0 Å². The van der Waals surface area contributed by atoms with Crippen LogP contribution in [0.2, 0.25) is 0 Å². The van der Waals surface area contributed by atoms with Gasteiger partial charge in [0.05, 0.1) is 6.54 Å². The van der Waals surface area contributed by atoms with Gasteiger partial charge in [0, 0.05) is 13.8 Å². The van der Waals surface area contributed by atoms with E-state index in [4.69, 9.17) is 0 Å². The molecule has 0 aromatic rings. The summed E-state index contributed by atoms with van der Waals surface area (Å²) >= 11 is 0. The van der Waals surface area contributed by atoms with Crippen molar-refractivity contribution in [3.05, 3.63) is 5.21 Å². The summed E-state index contributed by atoms with van der Waals surface area (Å²) in [6.07, 6.45) is 12.8. The summed E-state index contributed by atoms with van der Waals surface area (Å²) in [6.45, 7) is 5.46. The van der Waals surface area contributed by atoms with Crippen molar-refractivity contribution in [3.8, 4) is 0 Å². The topological polar surface area (TPSA) is 63.5 Å². The number of unbranched alkanes of at least 4 members (excludes halogenated alkanes) is 11. The van der Waals surface area contributed by atoms with Crippen LogP contribution in [0.3, 0.4) is 0 Å². The number of rotatable bonds is 15. The predicted molar refractivity (Wildman–Crippen MR) is 92.9 cm³/mol. The molecular formula is C18H39NO3. The largest absolute Gasteiger partial charge is 0.629 e. The van der Waals surface area contributed by atoms with Gasteiger partial charge in [-0.05, 0) is 12.8 Å². The van der Waals surface area contributed by atoms with Crippen LogP contribution in [0, 0.1) is 5.21 Å². The lowest BCUT2D eigenvalue weighted by Crippen LogP contribution is -2.55. The van der Waals surface area contributed by atoms with E-state index >= 15 is 0 Å². The van der Waals surface area contributed by atoms with Crippen molar-refractivity contribution < 1.29 is 14.9 Å². The van der Waals surface area contributed by atoms with Crippen LogP contribution >= 0.6 is 0 Å². The molecule has 0 bridgehead atoms. The van der Waals surface area contributed by atoms with E-state index < -0.39 is 17.1 Å². The lowest BCUT2D eigenvalue weighted by atomic mass is 10.1. The Labute approximate surface area is 137 Å². The number of hydroxylamine groups is 3. The molecule has 134 valence electrons. The van der Waals surface area contributed by atoms with Crippen LogP contribution in [0.25, 0.3) is 0 Å². The molecule has 0 rings (SSSR count). The van der Waals surface area contributed by atoms with E-state index in [1.165, 1.54) is 71.6 Å². The molecule has 0 amide bonds. The molecule has 0 aromatic carbocycles. The fourth-order valence-corrected chi connectivity index (χ4v) is 2.89. The smallest absolute Gasteiger partial charge is 0.189 e. The van der Waals surface area contributed by atoms with Gasteiger partial charge < -0.3 is 20.1 Å². The zero-order chi connectivity index (χ0) is 16.8. The highest BCUT2D eigenvalue weighted by Crippen LogP contribution is 2.18. The van der Waals surface area contributed by atoms with Crippen LogP contribution in [-0.2, 0) is 0 Å². The highest BCUT2D eigenvalue weighted by atomic mass is 16.6. The Bertz CT molecular complexity index is 236. The molecule has 0 heterocycles. The lowest BCUT2D eigenvalue weighted by molar-refractivity contribution is -0.965. The Morgan fingerprint density at radius 2 is 1.00 bits per heavy atom. The van der Waals surface area contributed by atoms with Gasteiger partial charge in [0.15, 0.2) is 12.5 Å². The van der Waals surface area contributed by atoms with Crippen molar-refractivity contribution >= 4 is 0 Å². The van der Waals surface area contributed by atoms with Gasteiger partial charge in [-0.15, -0.1) is 0 Å². The monoisotopic (exact) mass is 317 g/mol. The highest BCUT2D eigenvalue weighted by molar-refractivity contribution is 4.51. The normalized spacial score (nSPS) is 17.2. The third-order valence-electron chi connectivity index (χ3n) is 4.63. The summed E-state index contributed by atoms with van der Waals surface area (Å²) in [4.78, 5) is 0. The molecule has 0 aliphatic heterocycles. The van der Waals surface area contributed by atoms with Gasteiger partial charge in [0.25, 0.3) is 0 Å². The highest BCUT2D eigenvalue weighted by Gasteiger charge is 2.27. The standard InChI is InChI=1S/C18H39NO3/c1-4-5-6-7-8-9-10-11-12-13-14-15-16-19(22,17(2)20)18(3)21/h17-18,20-21H,4-16H2,1-3H3. The zero-order valence-electron chi connectivity index (χ0n) is 15.1. The minimum atomic E-state index is -1.06. The van der Waals surface area contributed by atoms with Gasteiger partial charge in [-0.1, -0.05) is 71.1 Å². The van der Waals surface area contributed by atoms with E-state index in [1.807, 2.05) is 0 Å². The maximum Gasteiger partial charge on any atom is 0.189 e. The van der Waals surface area contributed by atoms with E-state index in [2.05, 4.69) is 6.92 Å². The molecule has 2 N–H and O–H groups in total. The van der Waals surface area contributed by atoms with E-state index in [-0.39, 0.29) is 0 Å². The van der Waals surface area contributed by atoms with Crippen LogP contribution in [0.15, 0.2) is 0 Å². The summed E-state index contributed by atoms with van der Waals surface area (Å²) in [5, 5.41) is 31.3. The van der Waals surface area contributed by atoms with Crippen molar-refractivity contribution in [2.75, 3.05) is 6.54 Å². The molecule has 4 nitrogen and oxygen atoms in total. The van der Waals surface area contributed by atoms with E-state index in [1.54, 1.807) is 0 Å². The molecule has 0 fully saturated rings. The maximum absolute atomic E-state index is 12.2. The maximum atomic E-state index is 12.2. The minimum absolute atomic E-state index is 0.298. The molecule has 22 heavy (non-hydrogen) atoms. The number of quaternary nitrogens is 1. The molecule has 2 unspecified atom stereocenters. The first-order chi connectivity index (χ1) is 10.4. The molecule has 0 radical (unpaired) electrons. The van der Waals surface area contributed by atoms with E-state index in [0.29, 0.717) is 6.54 Å². The first kappa shape index (κ1) is 21.8. The average molecular weight is 318 g/mol. The first-order valence-corrected chi connectivity index (χ1v) is 9.39. The van der Waals surface area contributed by atoms with Gasteiger partial charge in [0.1, 0.15) is 0 Å². The summed E-state index contributed by atoms with van der Waals surface area (Å²) in [5.74, 6) is 0. The fourth-order valence-electron chi connectivity index (χ4n) is 2.89. The van der Waals surface area contributed by atoms with Gasteiger partial charge in [-0.2, -0.15) is 0 Å². The predicted octanol–water partition coefficient (Wildman–Crippen LogP) is 4.68. The molecule has 0 aliphatic carbocycles. The Morgan fingerprint density at radius 3 is 1.32 bits per heavy atom. The average Bonchev–Trinajstić information content (AvgIpc) is 2.47. The second-order valence-corrected chi connectivity index (χ2v) is 6.73. The Morgan fingerprint density at radius 1 is 0.682 bits per heavy atom. The quantitative estimate of drug-likeness (QED) is 0.199. The number of nitrogens with zero attached hydrogens (tertiary/aromatic N) is 1. The first-order valence-electron chi connectivity index (χ1n) is 9.39. The van der Waals surface area contributed by atoms with E-state index in [9.17, 15) is 15.4 Å². The van der Waals surface area contributed by atoms with Crippen molar-refractivity contribution in [2.45, 2.75) is 110 Å². The van der Waals surface area contributed by atoms with Crippen molar-refractivity contribution in [3.63, 3.8) is 0 Å². The number of hydrogen-bond acceptors (Lipinski definition) is 3. The second kappa shape index (κ2) is 13.3. The summed E-state index contributed by atoms with van der Waals surface area (Å²) < 4.78 is -0.905. The van der Waals surface area contributed by atoms with Crippen LogP contribution < -0.4 is 0 Å². The minimum Gasteiger partial charge on any atom is -0.629 e. The van der Waals surface area contributed by atoms with Crippen molar-refractivity contribution in [1.29, 1.82) is 0 Å². The van der Waals surface area contributed by atoms with E-state index in [0.717, 1.165) is 19.3 Å². The zero-order valence-corrected chi connectivity index (χ0v) is 15.1. The summed E-state index contributed by atoms with van der Waals surface area (Å²) in [6, 6.07) is 0. The molecule has 0 saturated carbocycles. The molecule has 0 aliphatic rings. The van der Waals surface area contributed by atoms with Gasteiger partial charge in [-0.25, -0.2) is 0 Å². The van der Waals surface area contributed by atoms with Crippen molar-refractivity contribution in [1.82, 2.24) is 0 Å². The van der Waals surface area contributed by atoms with Gasteiger partial charge in [0.2, 0.25) is 0 Å². The second-order valence-electron chi connectivity index (χ2n) is 6.73. The van der Waals surface area contributed by atoms with Crippen LogP contribution in [0.5, 0.6) is 0 Å². The van der Waals surface area contributed by atoms with Crippen LogP contribution in [-0.4, -0.2) is 33.9 Å². The summed E-state index contributed by atoms with van der Waals surface area (Å²) in [7, 11) is 0. The lowest BCUT2D eigenvalue weighted by Gasteiger charge is -2.47. The molecule has 0 aromatic heterocycles. The fraction of sp³-hybridized carbons (Fsp3) is 1.00. The Kier molecular flexibility index (Phi) is 13.2. The van der Waals surface area contributed by atoms with Crippen LogP contribution in [0.4, 0.5) is 0 Å². The molecule has 4 heteroatoms. The third kappa shape index (κ3) is 9.78. The van der Waals surface area contributed by atoms with Crippen molar-refractivity contribution in [2.24, 2.45) is 0 Å². The Balaban J connectivity index is 3.43. The SMILES string of the molecule is CCCCCCCCCCCCCC[N+]([O-])(C(C)O)C(C)O. The number of aliphatic hydroxyl groups is 2. The molecule has 0 spiro atoms. The Hall–Kier alpha value is -0.160. The molecule has 0 saturated heterocycles. The number of aliphatic hydroxyl groups excluding tert-OH is 2. The number of hydrogen-bond donors (Lipinski definition) is 2. The van der Waals surface area contributed by atoms with Crippen LogP contribution in [0.1, 0.15) is 97.8 Å². The van der Waals surface area contributed by atoms with Gasteiger partial charge in [-0.3, -0.25) is 0 Å². The molecular weight excluding hydrogens is 278 g/mol. The summed E-state index contributed by atoms with van der Waals surface area (Å²) in [5.41, 5.74) is 0.